The zero-order chi connectivity index (χ0) is 16.1. The average Bonchev–Trinajstić information content (AvgIpc) is 3.03. The summed E-state index contributed by atoms with van der Waals surface area (Å²) in [7, 11) is 1.66. The van der Waals surface area contributed by atoms with Gasteiger partial charge >= 0.3 is 0 Å². The Bertz CT molecular complexity index is 826. The molecule has 0 radical (unpaired) electrons. The molecule has 0 amide bonds. The lowest BCUT2D eigenvalue weighted by Crippen LogP contribution is -1.91. The van der Waals surface area contributed by atoms with Crippen LogP contribution in [0.4, 0.5) is 5.13 Å². The standard InChI is InChI=1S/C18H17N3OS/c1-13-6-5-7-14(10-13)11-19-21-18-20-16(12-23-18)15-8-3-4-9-17(15)22-2/h3-12H,1-2H3,(H,20,21)/b19-11-. The summed E-state index contributed by atoms with van der Waals surface area (Å²) in [6, 6.07) is 16.0. The fourth-order valence-corrected chi connectivity index (χ4v) is 2.88. The molecular formula is C18H17N3OS. The highest BCUT2D eigenvalue weighted by molar-refractivity contribution is 7.14. The third-order valence-corrected chi connectivity index (χ3v) is 4.05. The highest BCUT2D eigenvalue weighted by atomic mass is 32.1. The maximum Gasteiger partial charge on any atom is 0.203 e. The van der Waals surface area contributed by atoms with Crippen molar-refractivity contribution in [3.05, 3.63) is 65.0 Å². The molecule has 116 valence electrons. The molecule has 0 aliphatic carbocycles. The van der Waals surface area contributed by atoms with Crippen molar-refractivity contribution in [2.75, 3.05) is 12.5 Å². The lowest BCUT2D eigenvalue weighted by Gasteiger charge is -2.04. The second-order valence-corrected chi connectivity index (χ2v) is 5.88. The third kappa shape index (κ3) is 3.76. The first-order valence-corrected chi connectivity index (χ1v) is 8.09. The van der Waals surface area contributed by atoms with Gasteiger partial charge < -0.3 is 4.74 Å². The Balaban J connectivity index is 1.72. The molecule has 3 aromatic rings. The van der Waals surface area contributed by atoms with E-state index in [9.17, 15) is 0 Å². The van der Waals surface area contributed by atoms with Crippen LogP contribution in [0.1, 0.15) is 11.1 Å². The first-order chi connectivity index (χ1) is 11.3. The van der Waals surface area contributed by atoms with Crippen molar-refractivity contribution in [1.29, 1.82) is 0 Å². The predicted molar refractivity (Wildman–Crippen MR) is 96.5 cm³/mol. The van der Waals surface area contributed by atoms with E-state index in [0.717, 1.165) is 27.7 Å². The van der Waals surface area contributed by atoms with Crippen molar-refractivity contribution < 1.29 is 4.74 Å². The van der Waals surface area contributed by atoms with Gasteiger partial charge in [-0.25, -0.2) is 4.98 Å². The average molecular weight is 323 g/mol. The molecule has 1 aromatic heterocycles. The number of benzene rings is 2. The molecule has 4 nitrogen and oxygen atoms in total. The number of hydrogen-bond acceptors (Lipinski definition) is 5. The van der Waals surface area contributed by atoms with Crippen LogP contribution in [0, 0.1) is 6.92 Å². The first-order valence-electron chi connectivity index (χ1n) is 7.21. The Morgan fingerprint density at radius 1 is 1.17 bits per heavy atom. The van der Waals surface area contributed by atoms with Gasteiger partial charge in [0, 0.05) is 10.9 Å². The summed E-state index contributed by atoms with van der Waals surface area (Å²) in [6.45, 7) is 2.06. The van der Waals surface area contributed by atoms with E-state index in [2.05, 4.69) is 34.6 Å². The van der Waals surface area contributed by atoms with Gasteiger partial charge in [-0.3, -0.25) is 5.43 Å². The van der Waals surface area contributed by atoms with Gasteiger partial charge in [0.25, 0.3) is 0 Å². The summed E-state index contributed by atoms with van der Waals surface area (Å²) in [6.07, 6.45) is 1.79. The molecule has 1 N–H and O–H groups in total. The SMILES string of the molecule is COc1ccccc1-c1csc(N/N=C\c2cccc(C)c2)n1. The number of ether oxygens (including phenoxy) is 1. The van der Waals surface area contributed by atoms with Crippen LogP contribution in [0.5, 0.6) is 5.75 Å². The monoisotopic (exact) mass is 323 g/mol. The lowest BCUT2D eigenvalue weighted by molar-refractivity contribution is 0.416. The molecular weight excluding hydrogens is 306 g/mol. The number of rotatable bonds is 5. The van der Waals surface area contributed by atoms with Crippen LogP contribution >= 0.6 is 11.3 Å². The van der Waals surface area contributed by atoms with E-state index >= 15 is 0 Å². The molecule has 1 heterocycles. The van der Waals surface area contributed by atoms with Gasteiger partial charge in [-0.05, 0) is 24.6 Å². The summed E-state index contributed by atoms with van der Waals surface area (Å²) in [5, 5.41) is 6.98. The zero-order valence-corrected chi connectivity index (χ0v) is 13.8. The molecule has 0 atom stereocenters. The van der Waals surface area contributed by atoms with Crippen LogP contribution in [0.3, 0.4) is 0 Å². The molecule has 0 aliphatic rings. The largest absolute Gasteiger partial charge is 0.496 e. The number of nitrogens with one attached hydrogen (secondary N) is 1. The van der Waals surface area contributed by atoms with Gasteiger partial charge in [0.05, 0.1) is 19.0 Å². The number of nitrogens with zero attached hydrogens (tertiary/aromatic N) is 2. The minimum atomic E-state index is 0.745. The smallest absolute Gasteiger partial charge is 0.203 e. The third-order valence-electron chi connectivity index (χ3n) is 3.30. The van der Waals surface area contributed by atoms with E-state index in [0.29, 0.717) is 0 Å². The normalized spacial score (nSPS) is 10.9. The first kappa shape index (κ1) is 15.2. The zero-order valence-electron chi connectivity index (χ0n) is 13.0. The van der Waals surface area contributed by atoms with Crippen LogP contribution in [0.15, 0.2) is 59.0 Å². The van der Waals surface area contributed by atoms with Gasteiger partial charge in [-0.2, -0.15) is 5.10 Å². The second-order valence-electron chi connectivity index (χ2n) is 5.02. The van der Waals surface area contributed by atoms with Crippen molar-refractivity contribution in [3.8, 4) is 17.0 Å². The molecule has 23 heavy (non-hydrogen) atoms. The van der Waals surface area contributed by atoms with E-state index in [-0.39, 0.29) is 0 Å². The number of aryl methyl sites for hydroxylation is 1. The van der Waals surface area contributed by atoms with Crippen molar-refractivity contribution in [3.63, 3.8) is 0 Å². The molecule has 0 aliphatic heterocycles. The van der Waals surface area contributed by atoms with Gasteiger partial charge in [0.15, 0.2) is 0 Å². The molecule has 0 unspecified atom stereocenters. The van der Waals surface area contributed by atoms with Crippen LogP contribution < -0.4 is 10.2 Å². The lowest BCUT2D eigenvalue weighted by atomic mass is 10.1. The Labute approximate surface area is 139 Å². The molecule has 5 heteroatoms. The molecule has 2 aromatic carbocycles. The maximum absolute atomic E-state index is 5.37. The fraction of sp³-hybridized carbons (Fsp3) is 0.111. The quantitative estimate of drug-likeness (QED) is 0.552. The molecule has 0 fully saturated rings. The van der Waals surface area contributed by atoms with Gasteiger partial charge in [-0.1, -0.05) is 42.0 Å². The highest BCUT2D eigenvalue weighted by Crippen LogP contribution is 2.31. The Morgan fingerprint density at radius 2 is 2.04 bits per heavy atom. The Morgan fingerprint density at radius 3 is 2.87 bits per heavy atom. The minimum absolute atomic E-state index is 0.745. The van der Waals surface area contributed by atoms with E-state index in [4.69, 9.17) is 4.74 Å². The number of hydrazone groups is 1. The predicted octanol–water partition coefficient (Wildman–Crippen LogP) is 4.57. The maximum atomic E-state index is 5.37. The van der Waals surface area contributed by atoms with Gasteiger partial charge in [-0.15, -0.1) is 11.3 Å². The van der Waals surface area contributed by atoms with Crippen LogP contribution in [0.25, 0.3) is 11.3 Å². The number of para-hydroxylation sites is 1. The van der Waals surface area contributed by atoms with Crippen molar-refractivity contribution >= 4 is 22.7 Å². The summed E-state index contributed by atoms with van der Waals surface area (Å²) >= 11 is 1.51. The molecule has 0 saturated carbocycles. The van der Waals surface area contributed by atoms with Crippen molar-refractivity contribution in [2.24, 2.45) is 5.10 Å². The van der Waals surface area contributed by atoms with Crippen LogP contribution in [0.2, 0.25) is 0 Å². The van der Waals surface area contributed by atoms with Gasteiger partial charge in [0.2, 0.25) is 5.13 Å². The van der Waals surface area contributed by atoms with Crippen molar-refractivity contribution in [2.45, 2.75) is 6.92 Å². The van der Waals surface area contributed by atoms with E-state index in [1.807, 2.05) is 41.8 Å². The number of methoxy groups -OCH3 is 1. The van der Waals surface area contributed by atoms with E-state index in [1.54, 1.807) is 13.3 Å². The Kier molecular flexibility index (Phi) is 4.68. The topological polar surface area (TPSA) is 46.5 Å². The summed E-state index contributed by atoms with van der Waals surface area (Å²) < 4.78 is 5.37. The molecule has 0 bridgehead atoms. The fourth-order valence-electron chi connectivity index (χ4n) is 2.22. The molecule has 3 rings (SSSR count). The number of anilines is 1. The number of aromatic nitrogens is 1. The van der Waals surface area contributed by atoms with Gasteiger partial charge in [0.1, 0.15) is 5.75 Å². The van der Waals surface area contributed by atoms with Crippen LogP contribution in [-0.4, -0.2) is 18.3 Å². The summed E-state index contributed by atoms with van der Waals surface area (Å²) in [5.74, 6) is 0.813. The number of thiazole rings is 1. The summed E-state index contributed by atoms with van der Waals surface area (Å²) in [4.78, 5) is 4.55. The summed E-state index contributed by atoms with van der Waals surface area (Å²) in [5.41, 5.74) is 7.09. The van der Waals surface area contributed by atoms with E-state index < -0.39 is 0 Å². The highest BCUT2D eigenvalue weighted by Gasteiger charge is 2.08. The van der Waals surface area contributed by atoms with Crippen LogP contribution in [-0.2, 0) is 0 Å². The van der Waals surface area contributed by atoms with Crippen molar-refractivity contribution in [1.82, 2.24) is 4.98 Å². The second kappa shape index (κ2) is 7.07. The number of hydrogen-bond donors (Lipinski definition) is 1. The van der Waals surface area contributed by atoms with E-state index in [1.165, 1.54) is 16.9 Å². The molecule has 0 spiro atoms. The Hall–Kier alpha value is -2.66. The molecule has 0 saturated heterocycles. The minimum Gasteiger partial charge on any atom is -0.496 e.